The highest BCUT2D eigenvalue weighted by Crippen LogP contribution is 2.23. The average molecular weight is 196 g/mol. The van der Waals surface area contributed by atoms with E-state index < -0.39 is 12.8 Å². The molecule has 6 heteroatoms. The van der Waals surface area contributed by atoms with Gasteiger partial charge in [-0.25, -0.2) is 9.07 Å². The molecule has 2 N–H and O–H groups in total. The van der Waals surface area contributed by atoms with Crippen LogP contribution in [-0.2, 0) is 6.98 Å². The zero-order chi connectivity index (χ0) is 12.6. The molecule has 0 radical (unpaired) electrons. The number of aryl methyl sites for hydroxylation is 1. The lowest BCUT2D eigenvalue weighted by Crippen LogP contribution is -1.98. The number of nitrogens with two attached hydrogens (primary N) is 1. The first-order chi connectivity index (χ1) is 7.89. The lowest BCUT2D eigenvalue weighted by molar-refractivity contribution is 0.628. The van der Waals surface area contributed by atoms with Crippen molar-refractivity contribution in [1.82, 2.24) is 20.2 Å². The van der Waals surface area contributed by atoms with Gasteiger partial charge in [0.1, 0.15) is 5.82 Å². The van der Waals surface area contributed by atoms with Crippen LogP contribution in [0, 0.1) is 5.82 Å². The second-order valence-electron chi connectivity index (χ2n) is 2.65. The maximum absolute atomic E-state index is 13.1. The molecule has 0 amide bonds. The number of benzene rings is 1. The van der Waals surface area contributed by atoms with E-state index in [2.05, 4.69) is 15.5 Å². The van der Waals surface area contributed by atoms with E-state index >= 15 is 0 Å². The molecule has 0 bridgehead atoms. The number of anilines is 1. The molecule has 0 aliphatic heterocycles. The number of aromatic nitrogens is 4. The maximum Gasteiger partial charge on any atom is 0.183 e. The summed E-state index contributed by atoms with van der Waals surface area (Å²) in [5, 5.41) is 10.2. The Hall–Kier alpha value is -1.98. The van der Waals surface area contributed by atoms with Crippen molar-refractivity contribution >= 4 is 5.69 Å². The molecule has 72 valence electrons. The maximum atomic E-state index is 13.1. The van der Waals surface area contributed by atoms with Crippen LogP contribution in [0.2, 0.25) is 0 Å². The molecule has 1 aromatic carbocycles. The van der Waals surface area contributed by atoms with Gasteiger partial charge in [0, 0.05) is 22.3 Å². The van der Waals surface area contributed by atoms with Crippen molar-refractivity contribution in [3.05, 3.63) is 24.0 Å². The molecule has 0 spiro atoms. The molecule has 5 nitrogen and oxygen atoms in total. The fourth-order valence-electron chi connectivity index (χ4n) is 1.08. The Morgan fingerprint density at radius 1 is 1.57 bits per heavy atom. The van der Waals surface area contributed by atoms with Crippen molar-refractivity contribution < 1.29 is 8.50 Å². The number of tetrazole rings is 1. The van der Waals surface area contributed by atoms with Crippen molar-refractivity contribution in [3.63, 3.8) is 0 Å². The van der Waals surface area contributed by atoms with E-state index in [4.69, 9.17) is 9.85 Å². The zero-order valence-corrected chi connectivity index (χ0v) is 6.98. The highest BCUT2D eigenvalue weighted by atomic mass is 19.1. The van der Waals surface area contributed by atoms with Gasteiger partial charge in [-0.05, 0) is 28.6 Å². The second-order valence-corrected chi connectivity index (χ2v) is 2.65. The Bertz CT molecular complexity index is 550. The smallest absolute Gasteiger partial charge is 0.183 e. The van der Waals surface area contributed by atoms with Gasteiger partial charge >= 0.3 is 0 Å². The second kappa shape index (κ2) is 3.06. The van der Waals surface area contributed by atoms with Gasteiger partial charge in [0.2, 0.25) is 0 Å². The van der Waals surface area contributed by atoms with E-state index in [1.165, 1.54) is 12.1 Å². The molecule has 0 fully saturated rings. The van der Waals surface area contributed by atoms with E-state index in [9.17, 15) is 4.39 Å². The molecule has 0 saturated carbocycles. The van der Waals surface area contributed by atoms with E-state index in [-0.39, 0.29) is 17.1 Å². The van der Waals surface area contributed by atoms with Crippen molar-refractivity contribution in [3.8, 4) is 11.4 Å². The molecule has 2 rings (SSSR count). The Kier molecular flexibility index (Phi) is 1.24. The molecular weight excluding hydrogens is 185 g/mol. The van der Waals surface area contributed by atoms with Crippen LogP contribution < -0.4 is 5.73 Å². The predicted octanol–water partition coefficient (Wildman–Crippen LogP) is 0.598. The predicted molar refractivity (Wildman–Crippen MR) is 48.6 cm³/mol. The first kappa shape index (κ1) is 5.69. The van der Waals surface area contributed by atoms with Crippen LogP contribution in [0.25, 0.3) is 11.4 Å². The van der Waals surface area contributed by atoms with Gasteiger partial charge in [0.25, 0.3) is 0 Å². The molecular formula is C8H8FN5. The van der Waals surface area contributed by atoms with Gasteiger partial charge < -0.3 is 5.73 Å². The van der Waals surface area contributed by atoms with Crippen LogP contribution in [0.1, 0.15) is 4.11 Å². The number of hydrogen-bond donors (Lipinski definition) is 1. The summed E-state index contributed by atoms with van der Waals surface area (Å²) in [4.78, 5) is 0. The Balaban J connectivity index is 2.61. The van der Waals surface area contributed by atoms with Crippen LogP contribution in [0.3, 0.4) is 0 Å². The topological polar surface area (TPSA) is 69.6 Å². The Morgan fingerprint density at radius 3 is 3.21 bits per heavy atom. The highest BCUT2D eigenvalue weighted by Gasteiger charge is 2.10. The van der Waals surface area contributed by atoms with Gasteiger partial charge in [0.05, 0.1) is 0 Å². The molecule has 0 atom stereocenters. The van der Waals surface area contributed by atoms with Crippen LogP contribution >= 0.6 is 0 Å². The third-order valence-corrected chi connectivity index (χ3v) is 1.73. The molecule has 1 heterocycles. The summed E-state index contributed by atoms with van der Waals surface area (Å²) in [5.74, 6) is -0.642. The standard InChI is InChI=1S/C8H8FN5/c1-14-8(11-12-13-14)6-4-5(9)2-3-7(6)10/h2-4H,10H2,1H3/i1D3. The number of rotatable bonds is 1. The van der Waals surface area contributed by atoms with Crippen molar-refractivity contribution in [2.75, 3.05) is 5.73 Å². The van der Waals surface area contributed by atoms with Crippen LogP contribution in [-0.4, -0.2) is 20.2 Å². The number of nitrogen functional groups attached to an aromatic ring is 1. The summed E-state index contributed by atoms with van der Waals surface area (Å²) >= 11 is 0. The number of halogens is 1. The normalized spacial score (nSPS) is 14.5. The fourth-order valence-corrected chi connectivity index (χ4v) is 1.08. The van der Waals surface area contributed by atoms with E-state index in [1.807, 2.05) is 0 Å². The lowest BCUT2D eigenvalue weighted by Gasteiger charge is -2.02. The summed E-state index contributed by atoms with van der Waals surface area (Å²) in [6.07, 6.45) is 0. The molecule has 1 aromatic heterocycles. The lowest BCUT2D eigenvalue weighted by atomic mass is 10.1. The molecule has 0 saturated heterocycles. The quantitative estimate of drug-likeness (QED) is 0.678. The number of hydrogen-bond acceptors (Lipinski definition) is 4. The molecule has 2 aromatic rings. The van der Waals surface area contributed by atoms with Crippen molar-refractivity contribution in [2.45, 2.75) is 0 Å². The number of nitrogens with zero attached hydrogens (tertiary/aromatic N) is 4. The third kappa shape index (κ3) is 1.30. The largest absolute Gasteiger partial charge is 0.398 e. The van der Waals surface area contributed by atoms with E-state index in [1.54, 1.807) is 0 Å². The van der Waals surface area contributed by atoms with Crippen molar-refractivity contribution in [2.24, 2.45) is 6.98 Å². The summed E-state index contributed by atoms with van der Waals surface area (Å²) in [6, 6.07) is 3.58. The average Bonchev–Trinajstić information content (AvgIpc) is 2.69. The molecule has 14 heavy (non-hydrogen) atoms. The van der Waals surface area contributed by atoms with Gasteiger partial charge in [-0.3, -0.25) is 0 Å². The highest BCUT2D eigenvalue weighted by molar-refractivity contribution is 5.71. The summed E-state index contributed by atoms with van der Waals surface area (Å²) in [7, 11) is 0. The van der Waals surface area contributed by atoms with Gasteiger partial charge in [0.15, 0.2) is 5.82 Å². The molecule has 0 aliphatic carbocycles. The Labute approximate surface area is 83.6 Å². The third-order valence-electron chi connectivity index (χ3n) is 1.73. The minimum atomic E-state index is -2.54. The first-order valence-electron chi connectivity index (χ1n) is 5.24. The van der Waals surface area contributed by atoms with Gasteiger partial charge in [-0.15, -0.1) is 5.10 Å². The molecule has 0 unspecified atom stereocenters. The fraction of sp³-hybridized carbons (Fsp3) is 0.125. The van der Waals surface area contributed by atoms with Crippen LogP contribution in [0.4, 0.5) is 10.1 Å². The van der Waals surface area contributed by atoms with Gasteiger partial charge in [-0.2, -0.15) is 0 Å². The first-order valence-corrected chi connectivity index (χ1v) is 3.74. The summed E-state index contributed by atoms with van der Waals surface area (Å²) in [6.45, 7) is -2.54. The Morgan fingerprint density at radius 2 is 2.43 bits per heavy atom. The summed E-state index contributed by atoms with van der Waals surface area (Å²) < 4.78 is 35.4. The van der Waals surface area contributed by atoms with Gasteiger partial charge in [-0.1, -0.05) is 0 Å². The van der Waals surface area contributed by atoms with Crippen molar-refractivity contribution in [1.29, 1.82) is 0 Å². The molecule has 0 aliphatic rings. The van der Waals surface area contributed by atoms with Crippen LogP contribution in [0.15, 0.2) is 18.2 Å². The van der Waals surface area contributed by atoms with E-state index in [0.29, 0.717) is 4.68 Å². The van der Waals surface area contributed by atoms with E-state index in [0.717, 1.165) is 6.07 Å². The van der Waals surface area contributed by atoms with Crippen LogP contribution in [0.5, 0.6) is 0 Å². The zero-order valence-electron chi connectivity index (χ0n) is 9.98. The summed E-state index contributed by atoms with van der Waals surface area (Å²) in [5.41, 5.74) is 5.98. The minimum Gasteiger partial charge on any atom is -0.398 e. The monoisotopic (exact) mass is 196 g/mol. The minimum absolute atomic E-state index is 0.0954. The SMILES string of the molecule is [2H]C([2H])([2H])n1nnnc1-c1cc(F)ccc1N.